The van der Waals surface area contributed by atoms with Crippen LogP contribution >= 0.6 is 0 Å². The molecule has 1 rings (SSSR count). The van der Waals surface area contributed by atoms with Gasteiger partial charge in [0.05, 0.1) is 0 Å². The Morgan fingerprint density at radius 2 is 2.00 bits per heavy atom. The number of amides is 1. The van der Waals surface area contributed by atoms with Crippen LogP contribution in [0.5, 0.6) is 0 Å². The van der Waals surface area contributed by atoms with Crippen molar-refractivity contribution >= 4 is 5.91 Å². The van der Waals surface area contributed by atoms with Crippen molar-refractivity contribution in [3.8, 4) is 0 Å². The highest BCUT2D eigenvalue weighted by Gasteiger charge is 2.31. The molecular formula is C15H25NO. The number of hydrogen-bond donors (Lipinski definition) is 0. The van der Waals surface area contributed by atoms with Gasteiger partial charge in [0.2, 0.25) is 5.91 Å². The summed E-state index contributed by atoms with van der Waals surface area (Å²) in [7, 11) is 1.91. The molecule has 0 aromatic carbocycles. The summed E-state index contributed by atoms with van der Waals surface area (Å²) in [6, 6.07) is 0. The molecule has 0 atom stereocenters. The van der Waals surface area contributed by atoms with Crippen LogP contribution in [0, 0.1) is 5.92 Å². The Kier molecular flexibility index (Phi) is 6.03. The summed E-state index contributed by atoms with van der Waals surface area (Å²) in [5.41, 5.74) is 1.30. The molecule has 17 heavy (non-hydrogen) atoms. The molecule has 2 heteroatoms. The van der Waals surface area contributed by atoms with Gasteiger partial charge in [-0.05, 0) is 39.0 Å². The lowest BCUT2D eigenvalue weighted by molar-refractivity contribution is -0.130. The summed E-state index contributed by atoms with van der Waals surface area (Å²) >= 11 is 0. The van der Waals surface area contributed by atoms with Crippen LogP contribution in [0.4, 0.5) is 0 Å². The highest BCUT2D eigenvalue weighted by Crippen LogP contribution is 2.30. The smallest absolute Gasteiger partial charge is 0.225 e. The molecule has 96 valence electrons. The number of hydrogen-bond acceptors (Lipinski definition) is 1. The van der Waals surface area contributed by atoms with E-state index < -0.39 is 0 Å². The molecule has 0 unspecified atom stereocenters. The fraction of sp³-hybridized carbons (Fsp3) is 0.667. The van der Waals surface area contributed by atoms with E-state index in [9.17, 15) is 4.79 Å². The summed E-state index contributed by atoms with van der Waals surface area (Å²) in [5.74, 6) is 0.656. The van der Waals surface area contributed by atoms with E-state index in [1.54, 1.807) is 0 Å². The van der Waals surface area contributed by atoms with Gasteiger partial charge in [0.25, 0.3) is 0 Å². The van der Waals surface area contributed by atoms with Crippen molar-refractivity contribution in [3.05, 3.63) is 23.8 Å². The zero-order chi connectivity index (χ0) is 12.7. The maximum absolute atomic E-state index is 11.7. The number of allylic oxidation sites excluding steroid dienone is 3. The molecule has 0 radical (unpaired) electrons. The minimum absolute atomic E-state index is 0.323. The van der Waals surface area contributed by atoms with Gasteiger partial charge < -0.3 is 4.90 Å². The third-order valence-electron chi connectivity index (χ3n) is 3.02. The molecule has 0 aromatic rings. The van der Waals surface area contributed by atoms with Crippen LogP contribution in [0.2, 0.25) is 0 Å². The van der Waals surface area contributed by atoms with Gasteiger partial charge in [-0.2, -0.15) is 0 Å². The molecule has 0 aliphatic heterocycles. The van der Waals surface area contributed by atoms with Crippen molar-refractivity contribution in [1.82, 2.24) is 4.90 Å². The summed E-state index contributed by atoms with van der Waals surface area (Å²) in [6.07, 6.45) is 12.1. The zero-order valence-corrected chi connectivity index (χ0v) is 11.4. The van der Waals surface area contributed by atoms with Gasteiger partial charge in [0.15, 0.2) is 0 Å². The van der Waals surface area contributed by atoms with Gasteiger partial charge in [-0.25, -0.2) is 0 Å². The topological polar surface area (TPSA) is 20.3 Å². The number of carbonyl (C=O) groups is 1. The van der Waals surface area contributed by atoms with Gasteiger partial charge in [-0.15, -0.1) is 0 Å². The average Bonchev–Trinajstić information content (AvgIpc) is 3.11. The molecule has 1 saturated carbocycles. The lowest BCUT2D eigenvalue weighted by Crippen LogP contribution is -2.29. The average molecular weight is 235 g/mol. The first-order valence-corrected chi connectivity index (χ1v) is 6.70. The zero-order valence-electron chi connectivity index (χ0n) is 11.4. The maximum Gasteiger partial charge on any atom is 0.225 e. The number of carbonyl (C=O) groups excluding carboxylic acids is 1. The molecular weight excluding hydrogens is 210 g/mol. The van der Waals surface area contributed by atoms with Crippen LogP contribution in [-0.2, 0) is 4.79 Å². The summed E-state index contributed by atoms with van der Waals surface area (Å²) in [5, 5.41) is 0. The van der Waals surface area contributed by atoms with Crippen LogP contribution in [0.25, 0.3) is 0 Å². The molecule has 1 aliphatic carbocycles. The summed E-state index contributed by atoms with van der Waals surface area (Å²) < 4.78 is 0. The predicted octanol–water partition coefficient (Wildman–Crippen LogP) is 3.55. The summed E-state index contributed by atoms with van der Waals surface area (Å²) in [6.45, 7) is 5.04. The van der Waals surface area contributed by atoms with Crippen molar-refractivity contribution in [2.75, 3.05) is 13.6 Å². The van der Waals surface area contributed by atoms with E-state index >= 15 is 0 Å². The molecule has 0 N–H and O–H groups in total. The minimum Gasteiger partial charge on any atom is -0.342 e. The van der Waals surface area contributed by atoms with Gasteiger partial charge in [0, 0.05) is 19.5 Å². The van der Waals surface area contributed by atoms with Crippen molar-refractivity contribution < 1.29 is 4.79 Å². The largest absolute Gasteiger partial charge is 0.342 e. The third-order valence-corrected chi connectivity index (χ3v) is 3.02. The normalized spacial score (nSPS) is 16.5. The second-order valence-electron chi connectivity index (χ2n) is 4.98. The standard InChI is InChI=1S/C15H25NO/c1-4-5-6-7-8-9-13(2)12-16(3)15(17)14-10-11-14/h5-6,9,14H,4,7-8,10-12H2,1-3H3/b6-5-,13-9-. The maximum atomic E-state index is 11.7. The second kappa shape index (κ2) is 7.31. The fourth-order valence-corrected chi connectivity index (χ4v) is 1.87. The lowest BCUT2D eigenvalue weighted by atomic mass is 10.2. The Balaban J connectivity index is 2.22. The van der Waals surface area contributed by atoms with Gasteiger partial charge in [0.1, 0.15) is 0 Å². The Morgan fingerprint density at radius 1 is 1.29 bits per heavy atom. The molecule has 2 nitrogen and oxygen atoms in total. The number of nitrogens with zero attached hydrogens (tertiary/aromatic N) is 1. The van der Waals surface area contributed by atoms with E-state index in [-0.39, 0.29) is 0 Å². The van der Waals surface area contributed by atoms with Crippen LogP contribution in [0.3, 0.4) is 0 Å². The summed E-state index contributed by atoms with van der Waals surface area (Å²) in [4.78, 5) is 13.6. The lowest BCUT2D eigenvalue weighted by Gasteiger charge is -2.17. The Bertz CT molecular complexity index is 300. The van der Waals surface area contributed by atoms with Crippen LogP contribution in [0.1, 0.15) is 46.0 Å². The first-order valence-electron chi connectivity index (χ1n) is 6.70. The first-order chi connectivity index (χ1) is 8.15. The molecule has 0 heterocycles. The van der Waals surface area contributed by atoms with Gasteiger partial charge >= 0.3 is 0 Å². The quantitative estimate of drug-likeness (QED) is 0.488. The van der Waals surface area contributed by atoms with E-state index in [1.807, 2.05) is 11.9 Å². The minimum atomic E-state index is 0.323. The van der Waals surface area contributed by atoms with E-state index in [1.165, 1.54) is 5.57 Å². The monoisotopic (exact) mass is 235 g/mol. The first kappa shape index (κ1) is 14.0. The molecule has 1 fully saturated rings. The van der Waals surface area contributed by atoms with Gasteiger partial charge in [-0.3, -0.25) is 4.79 Å². The van der Waals surface area contributed by atoms with Crippen molar-refractivity contribution in [1.29, 1.82) is 0 Å². The van der Waals surface area contributed by atoms with E-state index in [0.29, 0.717) is 11.8 Å². The number of likely N-dealkylation sites (N-methyl/N-ethyl adjacent to an activating group) is 1. The number of rotatable bonds is 7. The van der Waals surface area contributed by atoms with E-state index in [0.717, 1.165) is 38.6 Å². The molecule has 1 amide bonds. The van der Waals surface area contributed by atoms with Crippen LogP contribution < -0.4 is 0 Å². The molecule has 0 bridgehead atoms. The molecule has 0 aromatic heterocycles. The van der Waals surface area contributed by atoms with E-state index in [2.05, 4.69) is 32.1 Å². The van der Waals surface area contributed by atoms with E-state index in [4.69, 9.17) is 0 Å². The molecule has 0 saturated heterocycles. The second-order valence-corrected chi connectivity index (χ2v) is 4.98. The van der Waals surface area contributed by atoms with Gasteiger partial charge in [-0.1, -0.05) is 30.7 Å². The third kappa shape index (κ3) is 5.71. The molecule has 0 spiro atoms. The highest BCUT2D eigenvalue weighted by molar-refractivity contribution is 5.80. The van der Waals surface area contributed by atoms with Crippen molar-refractivity contribution in [3.63, 3.8) is 0 Å². The number of unbranched alkanes of at least 4 members (excludes halogenated alkanes) is 1. The SMILES string of the molecule is CC/C=C\CC/C=C(/C)CN(C)C(=O)C1CC1. The van der Waals surface area contributed by atoms with Crippen LogP contribution in [0.15, 0.2) is 23.8 Å². The highest BCUT2D eigenvalue weighted by atomic mass is 16.2. The van der Waals surface area contributed by atoms with Crippen molar-refractivity contribution in [2.24, 2.45) is 5.92 Å². The Labute approximate surface area is 105 Å². The fourth-order valence-electron chi connectivity index (χ4n) is 1.87. The molecule has 1 aliphatic rings. The van der Waals surface area contributed by atoms with Crippen molar-refractivity contribution in [2.45, 2.75) is 46.0 Å². The van der Waals surface area contributed by atoms with Crippen LogP contribution in [-0.4, -0.2) is 24.4 Å². The Hall–Kier alpha value is -1.05. The Morgan fingerprint density at radius 3 is 2.59 bits per heavy atom. The predicted molar refractivity (Wildman–Crippen MR) is 72.8 cm³/mol.